The van der Waals surface area contributed by atoms with Crippen molar-refractivity contribution in [2.45, 2.75) is 18.4 Å². The predicted molar refractivity (Wildman–Crippen MR) is 45.7 cm³/mol. The van der Waals surface area contributed by atoms with Crippen LogP contribution in [-0.4, -0.2) is 38.8 Å². The lowest BCUT2D eigenvalue weighted by Gasteiger charge is -2.19. The van der Waals surface area contributed by atoms with E-state index in [1.807, 2.05) is 0 Å². The van der Waals surface area contributed by atoms with Crippen LogP contribution in [0.4, 0.5) is 0 Å². The third kappa shape index (κ3) is 4.23. The summed E-state index contributed by atoms with van der Waals surface area (Å²) in [6.45, 7) is 3.05. The van der Waals surface area contributed by atoms with Crippen LogP contribution in [-0.2, 0) is 19.1 Å². The Morgan fingerprint density at radius 3 is 2.13 bits per heavy atom. The van der Waals surface area contributed by atoms with Gasteiger partial charge in [-0.15, -0.1) is 0 Å². The standard InChI is InChI=1S/C8H10O7/c1-2-15-6(11)4-8(14,7(12)13)3-5(9)10/h2,14H,1,3-4H2,(H,9,10)(H,12,13). The van der Waals surface area contributed by atoms with Crippen molar-refractivity contribution in [3.8, 4) is 0 Å². The van der Waals surface area contributed by atoms with Crippen molar-refractivity contribution >= 4 is 17.9 Å². The minimum atomic E-state index is -2.66. The van der Waals surface area contributed by atoms with Gasteiger partial charge in [0, 0.05) is 0 Å². The van der Waals surface area contributed by atoms with Gasteiger partial charge in [-0.1, -0.05) is 6.58 Å². The number of hydrogen-bond acceptors (Lipinski definition) is 5. The van der Waals surface area contributed by atoms with Gasteiger partial charge in [0.25, 0.3) is 0 Å². The van der Waals surface area contributed by atoms with E-state index in [9.17, 15) is 19.5 Å². The van der Waals surface area contributed by atoms with Crippen LogP contribution in [0.5, 0.6) is 0 Å². The number of carbonyl (C=O) groups is 3. The number of carbonyl (C=O) groups excluding carboxylic acids is 1. The first-order valence-electron chi connectivity index (χ1n) is 3.80. The van der Waals surface area contributed by atoms with E-state index in [2.05, 4.69) is 11.3 Å². The zero-order valence-electron chi connectivity index (χ0n) is 7.67. The number of esters is 1. The Hall–Kier alpha value is -1.89. The zero-order chi connectivity index (χ0) is 12.1. The molecule has 7 heteroatoms. The van der Waals surface area contributed by atoms with Crippen molar-refractivity contribution in [3.05, 3.63) is 12.8 Å². The Labute approximate surface area is 84.6 Å². The van der Waals surface area contributed by atoms with E-state index in [1.54, 1.807) is 0 Å². The fourth-order valence-corrected chi connectivity index (χ4v) is 0.837. The number of carboxylic acids is 2. The Balaban J connectivity index is 4.65. The fourth-order valence-electron chi connectivity index (χ4n) is 0.837. The molecule has 0 aliphatic rings. The Morgan fingerprint density at radius 2 is 1.80 bits per heavy atom. The molecule has 0 heterocycles. The summed E-state index contributed by atoms with van der Waals surface area (Å²) >= 11 is 0. The topological polar surface area (TPSA) is 121 Å². The van der Waals surface area contributed by atoms with Crippen LogP contribution in [0.25, 0.3) is 0 Å². The molecule has 15 heavy (non-hydrogen) atoms. The van der Waals surface area contributed by atoms with Crippen molar-refractivity contribution in [2.75, 3.05) is 0 Å². The first kappa shape index (κ1) is 13.1. The molecule has 3 N–H and O–H groups in total. The highest BCUT2D eigenvalue weighted by atomic mass is 16.5. The number of carboxylic acid groups (broad SMARTS) is 2. The molecule has 0 saturated carbocycles. The molecule has 0 saturated heterocycles. The largest absolute Gasteiger partial charge is 0.481 e. The third-order valence-electron chi connectivity index (χ3n) is 1.49. The molecule has 0 amide bonds. The minimum Gasteiger partial charge on any atom is -0.481 e. The molecule has 0 aromatic carbocycles. The molecule has 1 unspecified atom stereocenters. The van der Waals surface area contributed by atoms with Crippen molar-refractivity contribution in [1.82, 2.24) is 0 Å². The van der Waals surface area contributed by atoms with Gasteiger partial charge in [-0.25, -0.2) is 4.79 Å². The smallest absolute Gasteiger partial charge is 0.336 e. The lowest BCUT2D eigenvalue weighted by Crippen LogP contribution is -2.42. The lowest BCUT2D eigenvalue weighted by atomic mass is 9.96. The van der Waals surface area contributed by atoms with Crippen LogP contribution in [0.3, 0.4) is 0 Å². The molecule has 0 spiro atoms. The highest BCUT2D eigenvalue weighted by Gasteiger charge is 2.41. The summed E-state index contributed by atoms with van der Waals surface area (Å²) in [4.78, 5) is 31.6. The first-order valence-corrected chi connectivity index (χ1v) is 3.80. The van der Waals surface area contributed by atoms with Crippen LogP contribution in [0.1, 0.15) is 12.8 Å². The normalized spacial score (nSPS) is 13.7. The summed E-state index contributed by atoms with van der Waals surface area (Å²) in [5.41, 5.74) is -2.66. The van der Waals surface area contributed by atoms with E-state index >= 15 is 0 Å². The fraction of sp³-hybridized carbons (Fsp3) is 0.375. The Kier molecular flexibility index (Phi) is 4.46. The van der Waals surface area contributed by atoms with Gasteiger partial charge in [0.15, 0.2) is 5.60 Å². The maximum atomic E-state index is 10.8. The van der Waals surface area contributed by atoms with Gasteiger partial charge in [-0.2, -0.15) is 0 Å². The van der Waals surface area contributed by atoms with Gasteiger partial charge < -0.3 is 20.1 Å². The second-order valence-corrected chi connectivity index (χ2v) is 2.74. The highest BCUT2D eigenvalue weighted by Crippen LogP contribution is 2.16. The van der Waals surface area contributed by atoms with Gasteiger partial charge in [-0.05, 0) is 0 Å². The molecule has 0 bridgehead atoms. The summed E-state index contributed by atoms with van der Waals surface area (Å²) in [6, 6.07) is 0. The van der Waals surface area contributed by atoms with Crippen LogP contribution >= 0.6 is 0 Å². The van der Waals surface area contributed by atoms with Crippen molar-refractivity contribution in [1.29, 1.82) is 0 Å². The van der Waals surface area contributed by atoms with Gasteiger partial charge in [0.2, 0.25) is 0 Å². The molecule has 0 aliphatic heterocycles. The molecule has 0 rings (SSSR count). The summed E-state index contributed by atoms with van der Waals surface area (Å²) in [6.07, 6.45) is -1.29. The van der Waals surface area contributed by atoms with Crippen LogP contribution < -0.4 is 0 Å². The highest BCUT2D eigenvalue weighted by molar-refractivity contribution is 5.88. The zero-order valence-corrected chi connectivity index (χ0v) is 7.67. The number of ether oxygens (including phenoxy) is 1. The van der Waals surface area contributed by atoms with E-state index in [1.165, 1.54) is 0 Å². The molecule has 0 fully saturated rings. The predicted octanol–water partition coefficient (Wildman–Crippen LogP) is -0.646. The SMILES string of the molecule is C=COC(=O)CC(O)(CC(=O)O)C(=O)O. The van der Waals surface area contributed by atoms with Crippen molar-refractivity contribution in [3.63, 3.8) is 0 Å². The second kappa shape index (κ2) is 5.11. The molecule has 0 aromatic rings. The third-order valence-corrected chi connectivity index (χ3v) is 1.49. The maximum Gasteiger partial charge on any atom is 0.336 e. The minimum absolute atomic E-state index is 0.755. The summed E-state index contributed by atoms with van der Waals surface area (Å²) < 4.78 is 4.18. The molecule has 0 radical (unpaired) electrons. The van der Waals surface area contributed by atoms with Crippen molar-refractivity contribution in [2.24, 2.45) is 0 Å². The van der Waals surface area contributed by atoms with Crippen molar-refractivity contribution < 1.29 is 34.4 Å². The van der Waals surface area contributed by atoms with Crippen LogP contribution in [0.15, 0.2) is 12.8 Å². The van der Waals surface area contributed by atoms with Crippen LogP contribution in [0.2, 0.25) is 0 Å². The van der Waals surface area contributed by atoms with E-state index in [4.69, 9.17) is 10.2 Å². The summed E-state index contributed by atoms with van der Waals surface area (Å²) in [5.74, 6) is -4.41. The average Bonchev–Trinajstić information content (AvgIpc) is 2.01. The second-order valence-electron chi connectivity index (χ2n) is 2.74. The molecule has 0 aromatic heterocycles. The van der Waals surface area contributed by atoms with Gasteiger partial charge in [-0.3, -0.25) is 9.59 Å². The van der Waals surface area contributed by atoms with E-state index in [0.717, 1.165) is 6.26 Å². The van der Waals surface area contributed by atoms with E-state index in [0.29, 0.717) is 0 Å². The van der Waals surface area contributed by atoms with E-state index in [-0.39, 0.29) is 0 Å². The monoisotopic (exact) mass is 218 g/mol. The van der Waals surface area contributed by atoms with Gasteiger partial charge >= 0.3 is 17.9 Å². The molecule has 0 aliphatic carbocycles. The van der Waals surface area contributed by atoms with Gasteiger partial charge in [0.1, 0.15) is 0 Å². The molecular weight excluding hydrogens is 208 g/mol. The quantitative estimate of drug-likeness (QED) is 0.400. The average molecular weight is 218 g/mol. The summed E-state index contributed by atoms with van der Waals surface area (Å²) in [5, 5.41) is 26.2. The number of aliphatic hydroxyl groups is 1. The maximum absolute atomic E-state index is 10.8. The number of aliphatic carboxylic acids is 2. The molecular formula is C8H10O7. The first-order chi connectivity index (χ1) is 6.81. The van der Waals surface area contributed by atoms with E-state index < -0.39 is 36.4 Å². The number of hydrogen-bond donors (Lipinski definition) is 3. The number of rotatable bonds is 6. The molecule has 84 valence electrons. The molecule has 7 nitrogen and oxygen atoms in total. The van der Waals surface area contributed by atoms with Gasteiger partial charge in [0.05, 0.1) is 19.1 Å². The Bertz CT molecular complexity index is 295. The molecule has 1 atom stereocenters. The van der Waals surface area contributed by atoms with Crippen LogP contribution in [0, 0.1) is 0 Å². The summed E-state index contributed by atoms with van der Waals surface area (Å²) in [7, 11) is 0. The Morgan fingerprint density at radius 1 is 1.27 bits per heavy atom. The lowest BCUT2D eigenvalue weighted by molar-refractivity contribution is -0.170.